The highest BCUT2D eigenvalue weighted by molar-refractivity contribution is 5.91. The molecule has 21 heavy (non-hydrogen) atoms. The monoisotopic (exact) mass is 284 g/mol. The molecule has 0 unspecified atom stereocenters. The number of rotatable bonds is 3. The van der Waals surface area contributed by atoms with Crippen LogP contribution >= 0.6 is 0 Å². The summed E-state index contributed by atoms with van der Waals surface area (Å²) in [6.45, 7) is 0.443. The van der Waals surface area contributed by atoms with E-state index in [-0.39, 0.29) is 11.5 Å². The molecule has 2 heterocycles. The summed E-state index contributed by atoms with van der Waals surface area (Å²) in [7, 11) is 0. The van der Waals surface area contributed by atoms with Crippen LogP contribution < -0.4 is 11.3 Å². The number of amides is 1. The Kier molecular flexibility index (Phi) is 3.37. The van der Waals surface area contributed by atoms with E-state index in [1.54, 1.807) is 36.5 Å². The van der Waals surface area contributed by atoms with E-state index in [9.17, 15) is 9.18 Å². The lowest BCUT2D eigenvalue weighted by molar-refractivity contribution is 0.0948. The fourth-order valence-electron chi connectivity index (χ4n) is 2.27. The maximum Gasteiger partial charge on any atom is 0.283 e. The van der Waals surface area contributed by atoms with Crippen molar-refractivity contribution >= 4 is 16.8 Å². The van der Waals surface area contributed by atoms with Gasteiger partial charge in [0.15, 0.2) is 0 Å². The van der Waals surface area contributed by atoms with Crippen molar-refractivity contribution in [3.05, 3.63) is 65.9 Å². The van der Waals surface area contributed by atoms with Crippen LogP contribution in [0.25, 0.3) is 10.9 Å². The number of carbonyl (C=O) groups is 1. The van der Waals surface area contributed by atoms with Gasteiger partial charge in [-0.25, -0.2) is 15.2 Å². The number of carbonyl (C=O) groups excluding carboxylic acids is 1. The van der Waals surface area contributed by atoms with Crippen LogP contribution in [0.1, 0.15) is 16.2 Å². The van der Waals surface area contributed by atoms with Crippen LogP contribution in [0.2, 0.25) is 0 Å². The quantitative estimate of drug-likeness (QED) is 0.438. The number of aromatic nitrogens is 2. The maximum absolute atomic E-state index is 13.7. The number of benzene rings is 1. The molecule has 5 nitrogen and oxygen atoms in total. The largest absolute Gasteiger partial charge is 0.341 e. The molecule has 106 valence electrons. The molecule has 0 saturated carbocycles. The number of pyridine rings is 1. The Morgan fingerprint density at radius 3 is 2.86 bits per heavy atom. The van der Waals surface area contributed by atoms with Crippen LogP contribution in [0.15, 0.2) is 48.7 Å². The van der Waals surface area contributed by atoms with Crippen LogP contribution in [-0.4, -0.2) is 15.5 Å². The van der Waals surface area contributed by atoms with E-state index in [2.05, 4.69) is 4.98 Å². The van der Waals surface area contributed by atoms with Crippen molar-refractivity contribution in [1.29, 1.82) is 0 Å². The van der Waals surface area contributed by atoms with Crippen molar-refractivity contribution in [1.82, 2.24) is 15.0 Å². The Morgan fingerprint density at radius 1 is 1.24 bits per heavy atom. The Balaban J connectivity index is 1.95. The fraction of sp³-hybridized carbons (Fsp3) is 0.0667. The summed E-state index contributed by atoms with van der Waals surface area (Å²) in [5.41, 5.74) is 3.77. The molecule has 3 N–H and O–H groups in total. The van der Waals surface area contributed by atoms with Crippen LogP contribution in [-0.2, 0) is 6.54 Å². The second kappa shape index (κ2) is 5.34. The van der Waals surface area contributed by atoms with Gasteiger partial charge in [0.05, 0.1) is 17.8 Å². The lowest BCUT2D eigenvalue weighted by Gasteiger charge is -2.06. The van der Waals surface area contributed by atoms with Crippen molar-refractivity contribution in [2.24, 2.45) is 5.84 Å². The lowest BCUT2D eigenvalue weighted by atomic mass is 10.2. The van der Waals surface area contributed by atoms with Crippen molar-refractivity contribution in [3.8, 4) is 0 Å². The molecular formula is C15H13FN4O. The number of fused-ring (bicyclic) bond motifs is 1. The van der Waals surface area contributed by atoms with Crippen molar-refractivity contribution in [3.63, 3.8) is 0 Å². The minimum atomic E-state index is -0.444. The molecule has 3 rings (SSSR count). The average Bonchev–Trinajstić information content (AvgIpc) is 2.91. The number of halogens is 1. The van der Waals surface area contributed by atoms with E-state index in [1.165, 1.54) is 6.07 Å². The second-order valence-corrected chi connectivity index (χ2v) is 4.60. The number of nitrogens with zero attached hydrogens (tertiary/aromatic N) is 2. The molecule has 0 spiro atoms. The van der Waals surface area contributed by atoms with Gasteiger partial charge >= 0.3 is 0 Å². The summed E-state index contributed by atoms with van der Waals surface area (Å²) in [6, 6.07) is 11.8. The maximum atomic E-state index is 13.7. The third kappa shape index (κ3) is 2.48. The first-order valence-electron chi connectivity index (χ1n) is 6.39. The molecule has 2 aromatic heterocycles. The molecular weight excluding hydrogens is 271 g/mol. The van der Waals surface area contributed by atoms with Gasteiger partial charge in [0.2, 0.25) is 0 Å². The van der Waals surface area contributed by atoms with Gasteiger partial charge in [-0.3, -0.25) is 10.2 Å². The van der Waals surface area contributed by atoms with Crippen molar-refractivity contribution < 1.29 is 9.18 Å². The SMILES string of the molecule is NNC(=O)c1cccc(Cn2ccc3c(F)cccc32)n1. The van der Waals surface area contributed by atoms with Gasteiger partial charge in [0, 0.05) is 11.6 Å². The van der Waals surface area contributed by atoms with Gasteiger partial charge in [-0.1, -0.05) is 12.1 Å². The summed E-state index contributed by atoms with van der Waals surface area (Å²) in [4.78, 5) is 15.7. The Morgan fingerprint density at radius 2 is 2.05 bits per heavy atom. The smallest absolute Gasteiger partial charge is 0.283 e. The summed E-state index contributed by atoms with van der Waals surface area (Å²) >= 11 is 0. The first-order valence-corrected chi connectivity index (χ1v) is 6.39. The van der Waals surface area contributed by atoms with Crippen LogP contribution in [0.5, 0.6) is 0 Å². The third-order valence-electron chi connectivity index (χ3n) is 3.26. The molecule has 0 fully saturated rings. The van der Waals surface area contributed by atoms with Crippen LogP contribution in [0, 0.1) is 5.82 Å². The average molecular weight is 284 g/mol. The van der Waals surface area contributed by atoms with E-state index in [0.717, 1.165) is 5.52 Å². The topological polar surface area (TPSA) is 72.9 Å². The zero-order valence-corrected chi connectivity index (χ0v) is 11.1. The number of hydrogen-bond donors (Lipinski definition) is 2. The number of nitrogens with two attached hydrogens (primary N) is 1. The highest BCUT2D eigenvalue weighted by Crippen LogP contribution is 2.19. The molecule has 0 aliphatic carbocycles. The van der Waals surface area contributed by atoms with Crippen molar-refractivity contribution in [2.45, 2.75) is 6.54 Å². The Labute approximate surface area is 120 Å². The molecule has 6 heteroatoms. The molecule has 0 bridgehead atoms. The van der Waals surface area contributed by atoms with Crippen molar-refractivity contribution in [2.75, 3.05) is 0 Å². The molecule has 0 atom stereocenters. The zero-order valence-electron chi connectivity index (χ0n) is 11.1. The molecule has 1 aromatic carbocycles. The standard InChI is InChI=1S/C15H13FN4O/c16-12-4-2-6-14-11(12)7-8-20(14)9-10-3-1-5-13(18-10)15(21)19-17/h1-8H,9,17H2,(H,19,21). The first kappa shape index (κ1) is 13.3. The van der Waals surface area contributed by atoms with Gasteiger partial charge < -0.3 is 4.57 Å². The summed E-state index contributed by atoms with van der Waals surface area (Å²) in [5.74, 6) is 4.40. The molecule has 0 saturated heterocycles. The van der Waals surface area contributed by atoms with Gasteiger partial charge in [0.1, 0.15) is 11.5 Å². The second-order valence-electron chi connectivity index (χ2n) is 4.60. The summed E-state index contributed by atoms with van der Waals surface area (Å²) in [6.07, 6.45) is 1.80. The van der Waals surface area contributed by atoms with E-state index in [1.807, 2.05) is 16.1 Å². The molecule has 0 aliphatic heterocycles. The van der Waals surface area contributed by atoms with Crippen LogP contribution in [0.4, 0.5) is 4.39 Å². The predicted octanol–water partition coefficient (Wildman–Crippen LogP) is 1.83. The van der Waals surface area contributed by atoms with Gasteiger partial charge in [0.25, 0.3) is 5.91 Å². The number of nitrogens with one attached hydrogen (secondary N) is 1. The molecule has 1 amide bonds. The molecule has 0 radical (unpaired) electrons. The van der Waals surface area contributed by atoms with Crippen LogP contribution in [0.3, 0.4) is 0 Å². The highest BCUT2D eigenvalue weighted by Gasteiger charge is 2.08. The van der Waals surface area contributed by atoms with E-state index < -0.39 is 5.91 Å². The first-order chi connectivity index (χ1) is 10.2. The summed E-state index contributed by atoms with van der Waals surface area (Å²) in [5, 5.41) is 0.563. The Hall–Kier alpha value is -2.73. The molecule has 3 aromatic rings. The molecule has 0 aliphatic rings. The lowest BCUT2D eigenvalue weighted by Crippen LogP contribution is -2.30. The zero-order chi connectivity index (χ0) is 14.8. The van der Waals surface area contributed by atoms with Gasteiger partial charge in [-0.05, 0) is 30.3 Å². The normalized spacial score (nSPS) is 10.8. The minimum Gasteiger partial charge on any atom is -0.341 e. The Bertz CT molecular complexity index is 812. The third-order valence-corrected chi connectivity index (χ3v) is 3.26. The fourth-order valence-corrected chi connectivity index (χ4v) is 2.27. The van der Waals surface area contributed by atoms with Gasteiger partial charge in [-0.2, -0.15) is 0 Å². The highest BCUT2D eigenvalue weighted by atomic mass is 19.1. The predicted molar refractivity (Wildman–Crippen MR) is 76.9 cm³/mol. The number of nitrogen functional groups attached to an aromatic ring is 1. The minimum absolute atomic E-state index is 0.248. The summed E-state index contributed by atoms with van der Waals surface area (Å²) < 4.78 is 15.5. The van der Waals surface area contributed by atoms with E-state index >= 15 is 0 Å². The van der Waals surface area contributed by atoms with E-state index in [4.69, 9.17) is 5.84 Å². The number of hydrazine groups is 1. The van der Waals surface area contributed by atoms with E-state index in [0.29, 0.717) is 17.6 Å². The number of hydrogen-bond acceptors (Lipinski definition) is 3. The van der Waals surface area contributed by atoms with Gasteiger partial charge in [-0.15, -0.1) is 0 Å².